The number of imide groups is 1. The Hall–Kier alpha value is -3.41. The van der Waals surface area contributed by atoms with Gasteiger partial charge in [-0.1, -0.05) is 41.2 Å². The molecule has 0 N–H and O–H groups in total. The lowest BCUT2D eigenvalue weighted by molar-refractivity contribution is 0.0603. The van der Waals surface area contributed by atoms with Gasteiger partial charge >= 0.3 is 0 Å². The Morgan fingerprint density at radius 3 is 2.56 bits per heavy atom. The van der Waals surface area contributed by atoms with Gasteiger partial charge in [0.1, 0.15) is 0 Å². The summed E-state index contributed by atoms with van der Waals surface area (Å²) in [7, 11) is 0. The minimum absolute atomic E-state index is 0.229. The summed E-state index contributed by atoms with van der Waals surface area (Å²) in [6.07, 6.45) is 1.87. The number of thioether (sulfide) groups is 2. The number of rotatable bonds is 7. The van der Waals surface area contributed by atoms with Crippen molar-refractivity contribution in [1.29, 1.82) is 0 Å². The number of thiazole rings is 1. The average Bonchev–Trinajstić information content (AvgIpc) is 3.61. The lowest BCUT2D eigenvalue weighted by atomic mass is 9.92. The van der Waals surface area contributed by atoms with Gasteiger partial charge in [0.15, 0.2) is 4.34 Å². The number of carbonyl (C=O) groups is 2. The Morgan fingerprint density at radius 2 is 1.72 bits per heavy atom. The van der Waals surface area contributed by atoms with E-state index in [0.717, 1.165) is 56.6 Å². The summed E-state index contributed by atoms with van der Waals surface area (Å²) in [5.74, 6) is 2.31. The Morgan fingerprint density at radius 1 is 0.897 bits per heavy atom. The molecule has 0 atom stereocenters. The number of hydrogen-bond donors (Lipinski definition) is 0. The Labute approximate surface area is 237 Å². The van der Waals surface area contributed by atoms with Gasteiger partial charge < -0.3 is 4.90 Å². The van der Waals surface area contributed by atoms with Crippen LogP contribution in [0.15, 0.2) is 65.1 Å². The predicted octanol–water partition coefficient (Wildman–Crippen LogP) is 5.18. The molecule has 3 aromatic carbocycles. The van der Waals surface area contributed by atoms with E-state index >= 15 is 0 Å². The molecule has 0 aliphatic carbocycles. The fourth-order valence-corrected chi connectivity index (χ4v) is 8.03. The molecule has 1 fully saturated rings. The van der Waals surface area contributed by atoms with Gasteiger partial charge in [0.25, 0.3) is 11.8 Å². The molecule has 0 bridgehead atoms. The molecule has 2 amide bonds. The molecule has 0 radical (unpaired) electrons. The van der Waals surface area contributed by atoms with E-state index in [1.54, 1.807) is 27.8 Å². The molecule has 0 saturated carbocycles. The lowest BCUT2D eigenvalue weighted by Crippen LogP contribution is -2.42. The number of para-hydroxylation sites is 1. The molecular formula is C28H24N6O2S3. The van der Waals surface area contributed by atoms with Crippen LogP contribution in [-0.2, 0) is 12.3 Å². The fourth-order valence-electron chi connectivity index (χ4n) is 5.18. The summed E-state index contributed by atoms with van der Waals surface area (Å²) >= 11 is 5.25. The van der Waals surface area contributed by atoms with Crippen molar-refractivity contribution >= 4 is 73.4 Å². The first kappa shape index (κ1) is 24.6. The molecule has 4 heterocycles. The van der Waals surface area contributed by atoms with Crippen LogP contribution < -0.4 is 4.90 Å². The third-order valence-corrected chi connectivity index (χ3v) is 10.2. The number of hydrogen-bond acceptors (Lipinski definition) is 9. The summed E-state index contributed by atoms with van der Waals surface area (Å²) in [4.78, 5) is 35.3. The van der Waals surface area contributed by atoms with Gasteiger partial charge in [0, 0.05) is 70.7 Å². The zero-order chi connectivity index (χ0) is 26.3. The van der Waals surface area contributed by atoms with E-state index in [4.69, 9.17) is 0 Å². The van der Waals surface area contributed by atoms with E-state index in [1.165, 1.54) is 9.60 Å². The maximum Gasteiger partial charge on any atom is 0.261 e. The van der Waals surface area contributed by atoms with Gasteiger partial charge in [0.2, 0.25) is 0 Å². The van der Waals surface area contributed by atoms with Crippen LogP contribution in [0.25, 0.3) is 21.0 Å². The molecule has 5 aromatic rings. The fraction of sp³-hybridized carbons (Fsp3) is 0.250. The summed E-state index contributed by atoms with van der Waals surface area (Å²) < 4.78 is 3.85. The van der Waals surface area contributed by atoms with Crippen LogP contribution in [0.1, 0.15) is 26.4 Å². The van der Waals surface area contributed by atoms with Crippen LogP contribution in [0.2, 0.25) is 0 Å². The number of nitrogens with zero attached hydrogens (tertiary/aromatic N) is 6. The van der Waals surface area contributed by atoms with Gasteiger partial charge in [-0.15, -0.1) is 16.4 Å². The van der Waals surface area contributed by atoms with Crippen molar-refractivity contribution in [2.24, 2.45) is 0 Å². The van der Waals surface area contributed by atoms with Crippen molar-refractivity contribution in [2.75, 3.05) is 36.0 Å². The summed E-state index contributed by atoms with van der Waals surface area (Å²) in [5, 5.41) is 10.3. The molecule has 0 spiro atoms. The maximum atomic E-state index is 13.5. The first-order valence-electron chi connectivity index (χ1n) is 12.8. The number of anilines is 1. The van der Waals surface area contributed by atoms with E-state index in [-0.39, 0.29) is 18.4 Å². The molecule has 11 heteroatoms. The molecule has 2 aliphatic rings. The second kappa shape index (κ2) is 10.3. The molecule has 39 heavy (non-hydrogen) atoms. The predicted molar refractivity (Wildman–Crippen MR) is 158 cm³/mol. The van der Waals surface area contributed by atoms with Gasteiger partial charge in [-0.05, 0) is 30.3 Å². The highest BCUT2D eigenvalue weighted by molar-refractivity contribution is 8.00. The zero-order valence-electron chi connectivity index (χ0n) is 20.9. The zero-order valence-corrected chi connectivity index (χ0v) is 23.4. The third-order valence-electron chi connectivity index (χ3n) is 7.08. The number of carbonyl (C=O) groups excluding carboxylic acids is 2. The molecular weight excluding hydrogens is 549 g/mol. The Balaban J connectivity index is 1.06. The smallest absolute Gasteiger partial charge is 0.261 e. The highest BCUT2D eigenvalue weighted by Gasteiger charge is 2.33. The lowest BCUT2D eigenvalue weighted by Gasteiger charge is -2.32. The second-order valence-corrected chi connectivity index (χ2v) is 12.9. The summed E-state index contributed by atoms with van der Waals surface area (Å²) in [5.41, 5.74) is 4.10. The molecule has 196 valence electrons. The summed E-state index contributed by atoms with van der Waals surface area (Å²) in [6.45, 7) is 2.55. The van der Waals surface area contributed by atoms with Crippen LogP contribution >= 0.6 is 34.9 Å². The normalized spacial score (nSPS) is 15.6. The van der Waals surface area contributed by atoms with Gasteiger partial charge in [-0.3, -0.25) is 19.2 Å². The molecule has 1 saturated heterocycles. The first-order chi connectivity index (χ1) is 19.2. The molecule has 2 aromatic heterocycles. The summed E-state index contributed by atoms with van der Waals surface area (Å²) in [6, 6.07) is 17.8. The standard InChI is InChI=1S/C28H24N6O2S3/c35-26-20-5-3-4-19-23(32-12-14-37-15-13-32)9-8-21(25(19)20)27(36)34(26)11-10-33-16-18(30-31-33)17-38-28-29-22-6-1-2-7-24(22)39-28/h1-9,16H,10-15,17H2. The average molecular weight is 573 g/mol. The van der Waals surface area contributed by atoms with Crippen LogP contribution in [0.4, 0.5) is 5.69 Å². The van der Waals surface area contributed by atoms with Crippen LogP contribution in [-0.4, -0.2) is 67.8 Å². The highest BCUT2D eigenvalue weighted by Crippen LogP contribution is 2.37. The molecule has 0 unspecified atom stereocenters. The second-order valence-electron chi connectivity index (χ2n) is 9.43. The number of aromatic nitrogens is 4. The van der Waals surface area contributed by atoms with E-state index in [0.29, 0.717) is 23.4 Å². The van der Waals surface area contributed by atoms with Crippen LogP contribution in [0.3, 0.4) is 0 Å². The number of benzene rings is 3. The largest absolute Gasteiger partial charge is 0.369 e. The van der Waals surface area contributed by atoms with Crippen molar-refractivity contribution < 1.29 is 9.59 Å². The molecule has 7 rings (SSSR count). The van der Waals surface area contributed by atoms with Gasteiger partial charge in [-0.25, -0.2) is 4.98 Å². The molecule has 8 nitrogen and oxygen atoms in total. The quantitative estimate of drug-likeness (QED) is 0.195. The monoisotopic (exact) mass is 572 g/mol. The maximum absolute atomic E-state index is 13.5. The Bertz CT molecular complexity index is 1670. The van der Waals surface area contributed by atoms with Gasteiger partial charge in [-0.2, -0.15) is 11.8 Å². The van der Waals surface area contributed by atoms with Crippen molar-refractivity contribution in [3.8, 4) is 0 Å². The number of amides is 2. The van der Waals surface area contributed by atoms with Crippen LogP contribution in [0, 0.1) is 0 Å². The van der Waals surface area contributed by atoms with Crippen LogP contribution in [0.5, 0.6) is 0 Å². The van der Waals surface area contributed by atoms with Gasteiger partial charge in [0.05, 0.1) is 22.5 Å². The third kappa shape index (κ3) is 4.58. The minimum Gasteiger partial charge on any atom is -0.369 e. The van der Waals surface area contributed by atoms with E-state index in [1.807, 2.05) is 66.5 Å². The van der Waals surface area contributed by atoms with Crippen molar-refractivity contribution in [1.82, 2.24) is 24.9 Å². The minimum atomic E-state index is -0.254. The SMILES string of the molecule is O=C1c2cccc3c(N4CCSCC4)ccc(c23)C(=O)N1CCn1cc(CSc2nc3ccccc3s2)nn1. The van der Waals surface area contributed by atoms with E-state index < -0.39 is 0 Å². The first-order valence-corrected chi connectivity index (χ1v) is 15.7. The van der Waals surface area contributed by atoms with E-state index in [2.05, 4.69) is 26.3 Å². The molecule has 2 aliphatic heterocycles. The van der Waals surface area contributed by atoms with Crippen molar-refractivity contribution in [2.45, 2.75) is 16.6 Å². The van der Waals surface area contributed by atoms with Crippen molar-refractivity contribution in [3.63, 3.8) is 0 Å². The number of fused-ring (bicyclic) bond motifs is 1. The van der Waals surface area contributed by atoms with Crippen molar-refractivity contribution in [3.05, 3.63) is 77.6 Å². The van der Waals surface area contributed by atoms with E-state index in [9.17, 15) is 9.59 Å². The topological polar surface area (TPSA) is 84.2 Å². The Kier molecular flexibility index (Phi) is 6.49. The highest BCUT2D eigenvalue weighted by atomic mass is 32.2.